The molecule has 0 spiro atoms. The van der Waals surface area contributed by atoms with Crippen LogP contribution in [-0.2, 0) is 19.2 Å². The van der Waals surface area contributed by atoms with Crippen molar-refractivity contribution in [1.29, 1.82) is 0 Å². The summed E-state index contributed by atoms with van der Waals surface area (Å²) in [4.78, 5) is 97.3. The maximum Gasteiger partial charge on any atom is 0.266 e. The predicted molar refractivity (Wildman–Crippen MR) is 199 cm³/mol. The molecule has 15 heteroatoms. The van der Waals surface area contributed by atoms with E-state index in [2.05, 4.69) is 31.2 Å². The zero-order chi connectivity index (χ0) is 38.9. The van der Waals surface area contributed by atoms with Crippen LogP contribution < -0.4 is 26.0 Å². The van der Waals surface area contributed by atoms with Crippen LogP contribution in [0.1, 0.15) is 75.2 Å². The molecule has 2 aliphatic heterocycles. The number of nitrogens with zero attached hydrogens (tertiary/aromatic N) is 3. The van der Waals surface area contributed by atoms with Crippen molar-refractivity contribution in [3.05, 3.63) is 101 Å². The second kappa shape index (κ2) is 17.4. The van der Waals surface area contributed by atoms with Gasteiger partial charge in [-0.15, -0.1) is 0 Å². The van der Waals surface area contributed by atoms with Crippen LogP contribution in [0.25, 0.3) is 11.3 Å². The number of hydrogen-bond donors (Lipinski definition) is 4. The van der Waals surface area contributed by atoms with Crippen molar-refractivity contribution < 1.29 is 38.3 Å². The van der Waals surface area contributed by atoms with Gasteiger partial charge in [0.2, 0.25) is 17.7 Å². The fourth-order valence-corrected chi connectivity index (χ4v) is 6.20. The van der Waals surface area contributed by atoms with Crippen LogP contribution in [0, 0.1) is 6.92 Å². The minimum atomic E-state index is -1.11. The second-order valence-corrected chi connectivity index (χ2v) is 13.2. The number of benzene rings is 3. The van der Waals surface area contributed by atoms with E-state index in [1.165, 1.54) is 24.5 Å². The number of anilines is 2. The number of ether oxygens (including phenoxy) is 1. The highest BCUT2D eigenvalue weighted by atomic mass is 16.5. The van der Waals surface area contributed by atoms with E-state index in [9.17, 15) is 33.6 Å². The molecule has 4 aromatic rings. The average molecular weight is 746 g/mol. The summed E-state index contributed by atoms with van der Waals surface area (Å²) < 4.78 is 5.65. The Morgan fingerprint density at radius 3 is 2.49 bits per heavy atom. The third-order valence-corrected chi connectivity index (χ3v) is 9.09. The summed E-state index contributed by atoms with van der Waals surface area (Å²) in [6.45, 7) is 1.84. The topological polar surface area (TPSA) is 206 Å². The standard InChI is InChI=1S/C40H39N7O8/c1-24-12-14-27(15-13-24)45-33-20-30(43-23-44-33)25-7-5-8-26(19-25)37(51)42-21-35(50)41-18-4-2-3-9-28(48)22-55-32-11-6-10-29-36(32)40(54)47(39(29)53)31-16-17-34(49)46-38(31)52/h5-8,10-15,19-20,23,31H,2-4,9,16-18,21-22H2,1H3,(H,41,50)(H,42,51)(H,43,44,45)(H,46,49,52). The average Bonchev–Trinajstić information content (AvgIpc) is 3.44. The molecule has 4 N–H and O–H groups in total. The van der Waals surface area contributed by atoms with Gasteiger partial charge in [0.15, 0.2) is 5.78 Å². The first-order valence-corrected chi connectivity index (χ1v) is 17.9. The normalized spacial score (nSPS) is 14.9. The largest absolute Gasteiger partial charge is 0.485 e. The van der Waals surface area contributed by atoms with Crippen molar-refractivity contribution in [3.8, 4) is 17.0 Å². The molecule has 3 heterocycles. The Labute approximate surface area is 316 Å². The number of piperidine rings is 1. The number of ketones is 1. The van der Waals surface area contributed by atoms with E-state index >= 15 is 0 Å². The third-order valence-electron chi connectivity index (χ3n) is 9.09. The van der Waals surface area contributed by atoms with E-state index in [4.69, 9.17) is 4.74 Å². The third kappa shape index (κ3) is 9.43. The van der Waals surface area contributed by atoms with Gasteiger partial charge in [0, 0.05) is 42.3 Å². The van der Waals surface area contributed by atoms with E-state index in [-0.39, 0.29) is 61.0 Å². The molecule has 1 saturated heterocycles. The molecule has 3 aromatic carbocycles. The lowest BCUT2D eigenvalue weighted by atomic mass is 10.0. The molecule has 0 bridgehead atoms. The molecule has 1 atom stereocenters. The van der Waals surface area contributed by atoms with Crippen LogP contribution in [-0.4, -0.2) is 81.8 Å². The highest BCUT2D eigenvalue weighted by molar-refractivity contribution is 6.24. The van der Waals surface area contributed by atoms with Gasteiger partial charge < -0.3 is 20.7 Å². The second-order valence-electron chi connectivity index (χ2n) is 13.2. The van der Waals surface area contributed by atoms with Gasteiger partial charge in [-0.05, 0) is 62.6 Å². The Balaban J connectivity index is 0.881. The van der Waals surface area contributed by atoms with Gasteiger partial charge in [0.1, 0.15) is 30.5 Å². The van der Waals surface area contributed by atoms with Crippen LogP contribution in [0.2, 0.25) is 0 Å². The minimum Gasteiger partial charge on any atom is -0.485 e. The Hall–Kier alpha value is -6.77. The lowest BCUT2D eigenvalue weighted by Crippen LogP contribution is -2.54. The highest BCUT2D eigenvalue weighted by Gasteiger charge is 2.46. The Morgan fingerprint density at radius 2 is 1.69 bits per heavy atom. The maximum atomic E-state index is 13.2. The quantitative estimate of drug-likeness (QED) is 0.0962. The molecule has 282 valence electrons. The number of amides is 6. The van der Waals surface area contributed by atoms with Crippen LogP contribution >= 0.6 is 0 Å². The summed E-state index contributed by atoms with van der Waals surface area (Å²) in [6.07, 6.45) is 3.47. The Morgan fingerprint density at radius 1 is 0.891 bits per heavy atom. The van der Waals surface area contributed by atoms with Crippen LogP contribution in [0.4, 0.5) is 11.5 Å². The molecule has 15 nitrogen and oxygen atoms in total. The van der Waals surface area contributed by atoms with Gasteiger partial charge in [-0.3, -0.25) is 43.8 Å². The lowest BCUT2D eigenvalue weighted by Gasteiger charge is -2.27. The number of aromatic nitrogens is 2. The monoisotopic (exact) mass is 745 g/mol. The zero-order valence-electron chi connectivity index (χ0n) is 30.1. The van der Waals surface area contributed by atoms with Crippen molar-refractivity contribution in [2.24, 2.45) is 0 Å². The molecule has 1 unspecified atom stereocenters. The van der Waals surface area contributed by atoms with Gasteiger partial charge in [0.25, 0.3) is 17.7 Å². The molecular formula is C40H39N7O8. The lowest BCUT2D eigenvalue weighted by molar-refractivity contribution is -0.136. The maximum absolute atomic E-state index is 13.2. The van der Waals surface area contributed by atoms with Crippen LogP contribution in [0.15, 0.2) is 79.1 Å². The number of carbonyl (C=O) groups is 7. The Bertz CT molecular complexity index is 2150. The van der Waals surface area contributed by atoms with Gasteiger partial charge in [-0.2, -0.15) is 0 Å². The smallest absolute Gasteiger partial charge is 0.266 e. The first-order chi connectivity index (χ1) is 26.6. The predicted octanol–water partition coefficient (Wildman–Crippen LogP) is 3.65. The number of rotatable bonds is 16. The fraction of sp³-hybridized carbons (Fsp3) is 0.275. The van der Waals surface area contributed by atoms with Crippen LogP contribution in [0.5, 0.6) is 5.75 Å². The summed E-state index contributed by atoms with van der Waals surface area (Å²) >= 11 is 0. The Kier molecular flexibility index (Phi) is 12.0. The number of aryl methyl sites for hydroxylation is 1. The molecule has 0 aliphatic carbocycles. The summed E-state index contributed by atoms with van der Waals surface area (Å²) in [5.41, 5.74) is 3.79. The number of carbonyl (C=O) groups excluding carboxylic acids is 7. The number of fused-ring (bicyclic) bond motifs is 1. The molecule has 2 aliphatic rings. The number of hydrogen-bond acceptors (Lipinski definition) is 11. The van der Waals surface area contributed by atoms with Gasteiger partial charge >= 0.3 is 0 Å². The van der Waals surface area contributed by atoms with E-state index in [1.807, 2.05) is 37.3 Å². The van der Waals surface area contributed by atoms with Gasteiger partial charge in [0.05, 0.1) is 23.4 Å². The van der Waals surface area contributed by atoms with Crippen molar-refractivity contribution in [2.75, 3.05) is 25.0 Å². The highest BCUT2D eigenvalue weighted by Crippen LogP contribution is 2.33. The molecule has 55 heavy (non-hydrogen) atoms. The molecule has 6 amide bonds. The molecule has 1 aromatic heterocycles. The van der Waals surface area contributed by atoms with Crippen molar-refractivity contribution in [2.45, 2.75) is 51.5 Å². The number of nitrogens with one attached hydrogen (secondary N) is 4. The van der Waals surface area contributed by atoms with E-state index in [0.717, 1.165) is 16.2 Å². The zero-order valence-corrected chi connectivity index (χ0v) is 30.1. The summed E-state index contributed by atoms with van der Waals surface area (Å²) in [5, 5.41) is 10.8. The number of unbranched alkanes of at least 4 members (excludes halogenated alkanes) is 2. The van der Waals surface area contributed by atoms with Gasteiger partial charge in [-0.1, -0.05) is 42.3 Å². The van der Waals surface area contributed by atoms with Gasteiger partial charge in [-0.25, -0.2) is 9.97 Å². The summed E-state index contributed by atoms with van der Waals surface area (Å²) in [7, 11) is 0. The van der Waals surface area contributed by atoms with Crippen molar-refractivity contribution in [1.82, 2.24) is 30.8 Å². The molecule has 6 rings (SSSR count). The molecule has 0 saturated carbocycles. The first kappa shape index (κ1) is 38.0. The molecule has 0 radical (unpaired) electrons. The molecular weight excluding hydrogens is 706 g/mol. The number of Topliss-reactive ketones (excluding diaryl/α,β-unsaturated/α-hetero) is 1. The van der Waals surface area contributed by atoms with Crippen molar-refractivity contribution in [3.63, 3.8) is 0 Å². The first-order valence-electron chi connectivity index (χ1n) is 17.9. The fourth-order valence-electron chi connectivity index (χ4n) is 6.20. The molecule has 1 fully saturated rings. The van der Waals surface area contributed by atoms with E-state index < -0.39 is 35.6 Å². The summed E-state index contributed by atoms with van der Waals surface area (Å²) in [6, 6.07) is 20.0. The SMILES string of the molecule is Cc1ccc(Nc2cc(-c3cccc(C(=O)NCC(=O)NCCCCCC(=O)COc4cccc5c4C(=O)N(C4CCC(=O)NC4=O)C5=O)c3)ncn2)cc1. The van der Waals surface area contributed by atoms with Crippen LogP contribution in [0.3, 0.4) is 0 Å². The van der Waals surface area contributed by atoms with E-state index in [1.54, 1.807) is 24.3 Å². The van der Waals surface area contributed by atoms with E-state index in [0.29, 0.717) is 48.4 Å². The van der Waals surface area contributed by atoms with Crippen molar-refractivity contribution >= 4 is 52.7 Å². The summed E-state index contributed by atoms with van der Waals surface area (Å²) in [5.74, 6) is -2.86. The number of imide groups is 2. The minimum absolute atomic E-state index is 0.00444.